The topological polar surface area (TPSA) is 101 Å². The zero-order valence-electron chi connectivity index (χ0n) is 20.6. The van der Waals surface area contributed by atoms with E-state index in [0.29, 0.717) is 13.0 Å². The van der Waals surface area contributed by atoms with Gasteiger partial charge in [-0.05, 0) is 31.7 Å². The molecule has 5 aliphatic carbocycles. The van der Waals surface area contributed by atoms with Gasteiger partial charge in [0.1, 0.15) is 11.2 Å². The van der Waals surface area contributed by atoms with Crippen molar-refractivity contribution in [3.63, 3.8) is 0 Å². The van der Waals surface area contributed by atoms with E-state index in [-0.39, 0.29) is 54.6 Å². The third-order valence-corrected chi connectivity index (χ3v) is 11.6. The lowest BCUT2D eigenvalue weighted by Crippen LogP contribution is -2.82. The van der Waals surface area contributed by atoms with Crippen molar-refractivity contribution >= 4 is 0 Å². The highest BCUT2D eigenvalue weighted by atomic mass is 16.5. The maximum Gasteiger partial charge on any atom is 0.136 e. The Hall–Kier alpha value is -0.320. The van der Waals surface area contributed by atoms with E-state index >= 15 is 0 Å². The first-order valence-corrected chi connectivity index (χ1v) is 12.7. The van der Waals surface area contributed by atoms with Crippen LogP contribution in [0.15, 0.2) is 0 Å². The average Bonchev–Trinajstić information content (AvgIpc) is 3.24. The summed E-state index contributed by atoms with van der Waals surface area (Å²) in [5.74, 6) is -0.0916. The Labute approximate surface area is 196 Å². The normalized spacial score (nSPS) is 60.9. The van der Waals surface area contributed by atoms with Gasteiger partial charge >= 0.3 is 0 Å². The number of methoxy groups -OCH3 is 4. The Balaban J connectivity index is 1.68. The molecule has 0 aromatic heterocycles. The van der Waals surface area contributed by atoms with Crippen molar-refractivity contribution in [3.05, 3.63) is 0 Å². The van der Waals surface area contributed by atoms with Crippen molar-refractivity contribution in [1.82, 2.24) is 4.90 Å². The number of aliphatic hydroxyl groups excluding tert-OH is 1. The van der Waals surface area contributed by atoms with Crippen molar-refractivity contribution in [2.75, 3.05) is 48.1 Å². The van der Waals surface area contributed by atoms with Gasteiger partial charge in [-0.15, -0.1) is 0 Å². The van der Waals surface area contributed by atoms with Crippen LogP contribution >= 0.6 is 0 Å². The maximum absolute atomic E-state index is 13.0. The molecular weight excluding hydrogens is 426 g/mol. The van der Waals surface area contributed by atoms with Crippen LogP contribution in [0.4, 0.5) is 0 Å². The number of piperidine rings is 1. The van der Waals surface area contributed by atoms with Crippen molar-refractivity contribution in [1.29, 1.82) is 0 Å². The summed E-state index contributed by atoms with van der Waals surface area (Å²) in [7, 11) is 6.85. The molecular formula is C25H41NO7. The number of fused-ring (bicyclic) bond motifs is 2. The Morgan fingerprint density at radius 2 is 1.79 bits per heavy atom. The van der Waals surface area contributed by atoms with Gasteiger partial charge in [-0.2, -0.15) is 0 Å². The molecule has 188 valence electrons. The van der Waals surface area contributed by atoms with Crippen molar-refractivity contribution in [2.45, 2.75) is 74.3 Å². The lowest BCUT2D eigenvalue weighted by molar-refractivity contribution is -0.320. The van der Waals surface area contributed by atoms with Crippen LogP contribution in [0.25, 0.3) is 0 Å². The standard InChI is InChI=1S/C25H41NO7/c1-6-26-11-22(12-27)8-7-16(31-3)24-14-9-13-15(30-2)10-23(28,17(14)18(13)32-4)25(29,21(24)26)20(33-5)19(22)24/h13-21,27-29H,6-12H2,1-5H3/t13-,14-,15+,16+,17-,18+,19-,20+,21+,22+,23-,24+,25-/m1/s1. The molecule has 0 radical (unpaired) electrons. The van der Waals surface area contributed by atoms with Gasteiger partial charge < -0.3 is 34.3 Å². The molecule has 0 aromatic carbocycles. The summed E-state index contributed by atoms with van der Waals surface area (Å²) in [4.78, 5) is 2.33. The van der Waals surface area contributed by atoms with Crippen LogP contribution in [0, 0.1) is 34.5 Å². The monoisotopic (exact) mass is 467 g/mol. The first-order valence-electron chi connectivity index (χ1n) is 12.7. The molecule has 3 N–H and O–H groups in total. The van der Waals surface area contributed by atoms with Crippen molar-refractivity contribution < 1.29 is 34.3 Å². The first-order chi connectivity index (χ1) is 15.8. The Morgan fingerprint density at radius 3 is 2.36 bits per heavy atom. The lowest BCUT2D eigenvalue weighted by Gasteiger charge is -2.70. The van der Waals surface area contributed by atoms with Gasteiger partial charge in [-0.25, -0.2) is 0 Å². The fourth-order valence-corrected chi connectivity index (χ4v) is 11.0. The minimum atomic E-state index is -1.52. The molecule has 5 saturated carbocycles. The van der Waals surface area contributed by atoms with E-state index in [1.807, 2.05) is 0 Å². The molecule has 6 rings (SSSR count). The second-order valence-corrected chi connectivity index (χ2v) is 11.8. The van der Waals surface area contributed by atoms with E-state index in [0.717, 1.165) is 25.8 Å². The van der Waals surface area contributed by atoms with Crippen LogP contribution in [-0.2, 0) is 18.9 Å². The molecule has 0 amide bonds. The molecule has 0 aromatic rings. The van der Waals surface area contributed by atoms with Crippen LogP contribution in [0.1, 0.15) is 32.6 Å². The molecule has 6 fully saturated rings. The van der Waals surface area contributed by atoms with Crippen LogP contribution in [0.3, 0.4) is 0 Å². The molecule has 0 unspecified atom stereocenters. The second-order valence-electron chi connectivity index (χ2n) is 11.8. The summed E-state index contributed by atoms with van der Waals surface area (Å²) in [5, 5.41) is 36.6. The van der Waals surface area contributed by atoms with Gasteiger partial charge in [-0.1, -0.05) is 6.92 Å². The Kier molecular flexibility index (Phi) is 4.99. The van der Waals surface area contributed by atoms with Crippen molar-refractivity contribution in [3.8, 4) is 0 Å². The summed E-state index contributed by atoms with van der Waals surface area (Å²) in [6.07, 6.45) is 1.81. The first kappa shape index (κ1) is 23.1. The van der Waals surface area contributed by atoms with E-state index < -0.39 is 28.1 Å². The molecule has 8 heteroatoms. The highest BCUT2D eigenvalue weighted by Gasteiger charge is 2.91. The molecule has 7 bridgehead atoms. The van der Waals surface area contributed by atoms with E-state index in [1.54, 1.807) is 28.4 Å². The highest BCUT2D eigenvalue weighted by molar-refractivity contribution is 5.41. The molecule has 13 atom stereocenters. The molecule has 1 saturated heterocycles. The number of likely N-dealkylation sites (N-methyl/N-ethyl adjacent to an activating group) is 1. The number of hydrogen-bond donors (Lipinski definition) is 3. The molecule has 1 heterocycles. The van der Waals surface area contributed by atoms with Crippen LogP contribution < -0.4 is 0 Å². The summed E-state index contributed by atoms with van der Waals surface area (Å²) in [5.41, 5.74) is -3.78. The number of rotatable bonds is 6. The predicted octanol–water partition coefficient (Wildman–Crippen LogP) is 0.271. The van der Waals surface area contributed by atoms with E-state index in [1.165, 1.54) is 0 Å². The zero-order valence-corrected chi connectivity index (χ0v) is 20.6. The smallest absolute Gasteiger partial charge is 0.136 e. The highest BCUT2D eigenvalue weighted by Crippen LogP contribution is 2.80. The quantitative estimate of drug-likeness (QED) is 0.512. The fraction of sp³-hybridized carbons (Fsp3) is 1.00. The maximum atomic E-state index is 13.0. The van der Waals surface area contributed by atoms with Gasteiger partial charge in [-0.3, -0.25) is 4.90 Å². The Morgan fingerprint density at radius 1 is 1.03 bits per heavy atom. The van der Waals surface area contributed by atoms with Crippen LogP contribution in [-0.4, -0.2) is 110 Å². The van der Waals surface area contributed by atoms with Gasteiger partial charge in [0.2, 0.25) is 0 Å². The summed E-state index contributed by atoms with van der Waals surface area (Å²) < 4.78 is 24.5. The lowest BCUT2D eigenvalue weighted by atomic mass is 9.42. The van der Waals surface area contributed by atoms with E-state index in [4.69, 9.17) is 18.9 Å². The number of aliphatic hydroxyl groups is 3. The minimum absolute atomic E-state index is 0.0443. The van der Waals surface area contributed by atoms with Gasteiger partial charge in [0, 0.05) is 70.0 Å². The van der Waals surface area contributed by atoms with Crippen LogP contribution in [0.2, 0.25) is 0 Å². The van der Waals surface area contributed by atoms with Gasteiger partial charge in [0.15, 0.2) is 0 Å². The third kappa shape index (κ3) is 2.16. The molecule has 1 aliphatic heterocycles. The number of nitrogens with zero attached hydrogens (tertiary/aromatic N) is 1. The Bertz CT molecular complexity index is 814. The average molecular weight is 468 g/mol. The fourth-order valence-electron chi connectivity index (χ4n) is 11.0. The van der Waals surface area contributed by atoms with Gasteiger partial charge in [0.25, 0.3) is 0 Å². The number of hydrogen-bond acceptors (Lipinski definition) is 8. The van der Waals surface area contributed by atoms with Gasteiger partial charge in [0.05, 0.1) is 37.1 Å². The minimum Gasteiger partial charge on any atom is -0.396 e. The third-order valence-electron chi connectivity index (χ3n) is 11.6. The summed E-state index contributed by atoms with van der Waals surface area (Å²) >= 11 is 0. The number of likely N-dealkylation sites (tertiary alicyclic amines) is 1. The molecule has 8 nitrogen and oxygen atoms in total. The zero-order chi connectivity index (χ0) is 23.6. The molecule has 33 heavy (non-hydrogen) atoms. The number of ether oxygens (including phenoxy) is 4. The van der Waals surface area contributed by atoms with Crippen LogP contribution in [0.5, 0.6) is 0 Å². The van der Waals surface area contributed by atoms with E-state index in [2.05, 4.69) is 11.8 Å². The van der Waals surface area contributed by atoms with E-state index in [9.17, 15) is 15.3 Å². The molecule has 6 aliphatic rings. The summed E-state index contributed by atoms with van der Waals surface area (Å²) in [6, 6.07) is -0.312. The molecule has 1 spiro atoms. The largest absolute Gasteiger partial charge is 0.396 e. The summed E-state index contributed by atoms with van der Waals surface area (Å²) in [6.45, 7) is 3.59. The predicted molar refractivity (Wildman–Crippen MR) is 119 cm³/mol. The van der Waals surface area contributed by atoms with Crippen molar-refractivity contribution in [2.24, 2.45) is 34.5 Å². The SMILES string of the molecule is CCN1C[C@]2(CO)CC[C@H](OC)[C@@]34[C@@H]5C[C@H]6[C@H](OC)[C@@H]5[C@](O)(C[C@@H]6OC)[C@@](O)([C@@H](OC)[C@H]23)[C@@H]14. The second kappa shape index (κ2) is 7.13.